The van der Waals surface area contributed by atoms with Crippen molar-refractivity contribution < 1.29 is 9.90 Å². The average molecular weight is 429 g/mol. The molecule has 0 spiro atoms. The number of benzene rings is 3. The van der Waals surface area contributed by atoms with Gasteiger partial charge in [-0.1, -0.05) is 67.1 Å². The first-order valence-electron chi connectivity index (χ1n) is 10.00. The van der Waals surface area contributed by atoms with Gasteiger partial charge in [0.05, 0.1) is 11.7 Å². The number of hydrogen-bond acceptors (Lipinski definition) is 2. The van der Waals surface area contributed by atoms with Gasteiger partial charge in [-0.15, -0.1) is 0 Å². The SMILES string of the molecule is CC/C(=C(/c1ccc(/C=C/C(=O)O)c(Cl)c1)c1ccc2[nH]ncc2c1)c1ccccc1. The number of carbonyl (C=O) groups is 1. The summed E-state index contributed by atoms with van der Waals surface area (Å²) in [4.78, 5) is 10.9. The van der Waals surface area contributed by atoms with Gasteiger partial charge < -0.3 is 5.11 Å². The Labute approximate surface area is 185 Å². The maximum absolute atomic E-state index is 10.9. The minimum atomic E-state index is -1.01. The molecule has 0 aliphatic carbocycles. The van der Waals surface area contributed by atoms with Crippen LogP contribution in [0.4, 0.5) is 0 Å². The third-order valence-electron chi connectivity index (χ3n) is 5.20. The van der Waals surface area contributed by atoms with E-state index < -0.39 is 5.97 Å². The van der Waals surface area contributed by atoms with Crippen LogP contribution in [0.15, 0.2) is 79.0 Å². The summed E-state index contributed by atoms with van der Waals surface area (Å²) >= 11 is 6.53. The number of nitrogens with zero attached hydrogens (tertiary/aromatic N) is 1. The first-order valence-corrected chi connectivity index (χ1v) is 10.4. The van der Waals surface area contributed by atoms with Gasteiger partial charge >= 0.3 is 5.97 Å². The van der Waals surface area contributed by atoms with E-state index in [0.29, 0.717) is 10.6 Å². The zero-order valence-electron chi connectivity index (χ0n) is 17.0. The third kappa shape index (κ3) is 4.44. The summed E-state index contributed by atoms with van der Waals surface area (Å²) < 4.78 is 0. The lowest BCUT2D eigenvalue weighted by atomic mass is 9.87. The maximum Gasteiger partial charge on any atom is 0.328 e. The average Bonchev–Trinajstić information content (AvgIpc) is 3.25. The van der Waals surface area contributed by atoms with Gasteiger partial charge in [0, 0.05) is 16.5 Å². The largest absolute Gasteiger partial charge is 0.478 e. The number of aromatic nitrogens is 2. The molecule has 4 aromatic rings. The van der Waals surface area contributed by atoms with Gasteiger partial charge in [0.2, 0.25) is 0 Å². The van der Waals surface area contributed by atoms with E-state index in [1.807, 2.05) is 48.7 Å². The lowest BCUT2D eigenvalue weighted by Gasteiger charge is -2.17. The Hall–Kier alpha value is -3.63. The highest BCUT2D eigenvalue weighted by Crippen LogP contribution is 2.37. The molecule has 0 amide bonds. The number of nitrogens with one attached hydrogen (secondary N) is 1. The Kier molecular flexibility index (Phi) is 6.01. The molecule has 3 aromatic carbocycles. The minimum Gasteiger partial charge on any atom is -0.478 e. The molecule has 0 saturated carbocycles. The number of allylic oxidation sites excluding steroid dienone is 1. The molecule has 4 rings (SSSR count). The van der Waals surface area contributed by atoms with Gasteiger partial charge in [-0.25, -0.2) is 4.79 Å². The van der Waals surface area contributed by atoms with E-state index >= 15 is 0 Å². The van der Waals surface area contributed by atoms with Gasteiger partial charge in [-0.2, -0.15) is 5.10 Å². The van der Waals surface area contributed by atoms with Crippen LogP contribution < -0.4 is 0 Å². The van der Waals surface area contributed by atoms with Crippen molar-refractivity contribution in [3.05, 3.63) is 106 Å². The summed E-state index contributed by atoms with van der Waals surface area (Å²) in [5.74, 6) is -1.01. The second kappa shape index (κ2) is 9.02. The number of hydrogen-bond donors (Lipinski definition) is 2. The molecule has 1 heterocycles. The smallest absolute Gasteiger partial charge is 0.328 e. The molecule has 31 heavy (non-hydrogen) atoms. The lowest BCUT2D eigenvalue weighted by molar-refractivity contribution is -0.131. The molecule has 154 valence electrons. The van der Waals surface area contributed by atoms with Crippen molar-refractivity contribution in [3.63, 3.8) is 0 Å². The number of halogens is 1. The monoisotopic (exact) mass is 428 g/mol. The van der Waals surface area contributed by atoms with Crippen LogP contribution in [0, 0.1) is 0 Å². The van der Waals surface area contributed by atoms with E-state index in [1.54, 1.807) is 0 Å². The van der Waals surface area contributed by atoms with E-state index in [1.165, 1.54) is 11.6 Å². The number of carboxylic acids is 1. The van der Waals surface area contributed by atoms with Gasteiger partial charge in [-0.05, 0) is 64.1 Å². The summed E-state index contributed by atoms with van der Waals surface area (Å²) in [7, 11) is 0. The van der Waals surface area contributed by atoms with Crippen LogP contribution >= 0.6 is 11.6 Å². The normalized spacial score (nSPS) is 12.3. The number of H-pyrrole nitrogens is 1. The highest BCUT2D eigenvalue weighted by molar-refractivity contribution is 6.32. The Balaban J connectivity index is 1.93. The van der Waals surface area contributed by atoms with E-state index in [9.17, 15) is 4.79 Å². The molecule has 4 nitrogen and oxygen atoms in total. The van der Waals surface area contributed by atoms with E-state index in [4.69, 9.17) is 16.7 Å². The van der Waals surface area contributed by atoms with Crippen LogP contribution in [0.25, 0.3) is 28.1 Å². The number of fused-ring (bicyclic) bond motifs is 1. The highest BCUT2D eigenvalue weighted by Gasteiger charge is 2.15. The van der Waals surface area contributed by atoms with Crippen molar-refractivity contribution >= 4 is 45.7 Å². The standard InChI is InChI=1S/C26H21ClN2O2/c1-2-22(17-6-4-3-5-7-17)26(19-10-12-24-21(14-19)16-28-29-24)20-9-8-18(23(27)15-20)11-13-25(30)31/h3-16H,2H2,1H3,(H,28,29)(H,30,31)/b13-11+,26-22-. The number of rotatable bonds is 6. The van der Waals surface area contributed by atoms with E-state index in [2.05, 4.69) is 41.4 Å². The number of carboxylic acid groups (broad SMARTS) is 1. The van der Waals surface area contributed by atoms with Crippen molar-refractivity contribution in [2.24, 2.45) is 0 Å². The van der Waals surface area contributed by atoms with Crippen molar-refractivity contribution in [2.75, 3.05) is 0 Å². The highest BCUT2D eigenvalue weighted by atomic mass is 35.5. The summed E-state index contributed by atoms with van der Waals surface area (Å²) in [6, 6.07) is 22.3. The molecule has 0 aliphatic heterocycles. The van der Waals surface area contributed by atoms with Crippen LogP contribution in [-0.4, -0.2) is 21.3 Å². The number of aromatic amines is 1. The first-order chi connectivity index (χ1) is 15.1. The Morgan fingerprint density at radius 3 is 2.48 bits per heavy atom. The summed E-state index contributed by atoms with van der Waals surface area (Å²) in [6.07, 6.45) is 5.25. The lowest BCUT2D eigenvalue weighted by Crippen LogP contribution is -1.96. The van der Waals surface area contributed by atoms with Crippen LogP contribution in [0.2, 0.25) is 5.02 Å². The second-order valence-electron chi connectivity index (χ2n) is 7.15. The van der Waals surface area contributed by atoms with Gasteiger partial charge in [0.15, 0.2) is 0 Å². The first kappa shape index (κ1) is 20.6. The quantitative estimate of drug-likeness (QED) is 0.266. The molecule has 0 atom stereocenters. The van der Waals surface area contributed by atoms with Crippen molar-refractivity contribution in [2.45, 2.75) is 13.3 Å². The Morgan fingerprint density at radius 1 is 1.03 bits per heavy atom. The minimum absolute atomic E-state index is 0.500. The topological polar surface area (TPSA) is 66.0 Å². The zero-order chi connectivity index (χ0) is 21.8. The second-order valence-corrected chi connectivity index (χ2v) is 7.56. The van der Waals surface area contributed by atoms with E-state index in [0.717, 1.165) is 45.7 Å². The van der Waals surface area contributed by atoms with Crippen LogP contribution in [0.1, 0.15) is 35.6 Å². The number of aliphatic carboxylic acids is 1. The zero-order valence-corrected chi connectivity index (χ0v) is 17.7. The molecular formula is C26H21ClN2O2. The Morgan fingerprint density at radius 2 is 1.77 bits per heavy atom. The van der Waals surface area contributed by atoms with Gasteiger partial charge in [0.25, 0.3) is 0 Å². The van der Waals surface area contributed by atoms with Crippen LogP contribution in [0.3, 0.4) is 0 Å². The van der Waals surface area contributed by atoms with Gasteiger partial charge in [0.1, 0.15) is 0 Å². The molecule has 0 bridgehead atoms. The molecule has 0 saturated heterocycles. The summed E-state index contributed by atoms with van der Waals surface area (Å²) in [5, 5.41) is 17.6. The molecule has 0 unspecified atom stereocenters. The predicted octanol–water partition coefficient (Wildman–Crippen LogP) is 6.68. The molecule has 1 aromatic heterocycles. The van der Waals surface area contributed by atoms with E-state index in [-0.39, 0.29) is 0 Å². The molecule has 2 N–H and O–H groups in total. The fraction of sp³-hybridized carbons (Fsp3) is 0.0769. The third-order valence-corrected chi connectivity index (χ3v) is 5.53. The van der Waals surface area contributed by atoms with Crippen LogP contribution in [0.5, 0.6) is 0 Å². The van der Waals surface area contributed by atoms with Crippen LogP contribution in [-0.2, 0) is 4.79 Å². The summed E-state index contributed by atoms with van der Waals surface area (Å²) in [6.45, 7) is 2.14. The fourth-order valence-corrected chi connectivity index (χ4v) is 4.00. The van der Waals surface area contributed by atoms with Crippen molar-refractivity contribution in [3.8, 4) is 0 Å². The van der Waals surface area contributed by atoms with Crippen molar-refractivity contribution in [1.82, 2.24) is 10.2 Å². The molecular weight excluding hydrogens is 408 g/mol. The molecule has 0 aliphatic rings. The molecule has 5 heteroatoms. The van der Waals surface area contributed by atoms with Gasteiger partial charge in [-0.3, -0.25) is 5.10 Å². The fourth-order valence-electron chi connectivity index (χ4n) is 3.76. The Bertz CT molecular complexity index is 1300. The van der Waals surface area contributed by atoms with Crippen molar-refractivity contribution in [1.29, 1.82) is 0 Å². The summed E-state index contributed by atoms with van der Waals surface area (Å²) in [5.41, 5.74) is 7.13. The predicted molar refractivity (Wildman–Crippen MR) is 127 cm³/mol. The molecule has 0 radical (unpaired) electrons. The molecule has 0 fully saturated rings. The maximum atomic E-state index is 10.9.